The van der Waals surface area contributed by atoms with Crippen LogP contribution in [0.15, 0.2) is 48.6 Å². The molecule has 2 aliphatic rings. The third-order valence-corrected chi connectivity index (χ3v) is 6.45. The SMILES string of the molecule is CCC(C=C[C@@H]1CCC=c2ccc3c(c21)CC(Cl)=c1ccccc1=3)CC. The van der Waals surface area contributed by atoms with Crippen molar-refractivity contribution in [2.75, 3.05) is 0 Å². The van der Waals surface area contributed by atoms with E-state index in [-0.39, 0.29) is 0 Å². The molecule has 0 fully saturated rings. The van der Waals surface area contributed by atoms with Crippen molar-refractivity contribution < 1.29 is 0 Å². The van der Waals surface area contributed by atoms with Crippen LogP contribution in [0.3, 0.4) is 0 Å². The fourth-order valence-electron chi connectivity index (χ4n) is 4.55. The first kappa shape index (κ1) is 17.6. The maximum atomic E-state index is 6.73. The minimum atomic E-state index is 0.514. The van der Waals surface area contributed by atoms with Crippen molar-refractivity contribution in [1.82, 2.24) is 0 Å². The van der Waals surface area contributed by atoms with Crippen molar-refractivity contribution in [3.05, 3.63) is 80.6 Å². The Hall–Kier alpha value is -1.79. The zero-order valence-electron chi connectivity index (χ0n) is 15.8. The average molecular weight is 363 g/mol. The second-order valence-electron chi connectivity index (χ2n) is 7.57. The minimum Gasteiger partial charge on any atom is -0.0881 e. The van der Waals surface area contributed by atoms with Crippen LogP contribution >= 0.6 is 11.6 Å². The summed E-state index contributed by atoms with van der Waals surface area (Å²) in [5, 5.41) is 6.26. The van der Waals surface area contributed by atoms with Crippen LogP contribution in [0.25, 0.3) is 11.1 Å². The van der Waals surface area contributed by atoms with E-state index in [4.69, 9.17) is 11.6 Å². The maximum Gasteiger partial charge on any atom is 0.0303 e. The lowest BCUT2D eigenvalue weighted by atomic mass is 9.81. The lowest BCUT2D eigenvalue weighted by Gasteiger charge is -2.24. The molecule has 0 N–H and O–H groups in total. The summed E-state index contributed by atoms with van der Waals surface area (Å²) in [7, 11) is 0. The highest BCUT2D eigenvalue weighted by molar-refractivity contribution is 6.45. The van der Waals surface area contributed by atoms with Gasteiger partial charge in [-0.3, -0.25) is 0 Å². The van der Waals surface area contributed by atoms with E-state index in [2.05, 4.69) is 68.5 Å². The van der Waals surface area contributed by atoms with Crippen molar-refractivity contribution in [3.63, 3.8) is 0 Å². The maximum absolute atomic E-state index is 6.73. The molecule has 2 aliphatic carbocycles. The van der Waals surface area contributed by atoms with Gasteiger partial charge in [-0.05, 0) is 63.6 Å². The Bertz CT molecular complexity index is 1050. The van der Waals surface area contributed by atoms with Gasteiger partial charge < -0.3 is 0 Å². The fourth-order valence-corrected chi connectivity index (χ4v) is 4.85. The first-order valence-corrected chi connectivity index (χ1v) is 10.4. The lowest BCUT2D eigenvalue weighted by Crippen LogP contribution is -2.23. The number of hydrogen-bond acceptors (Lipinski definition) is 0. The summed E-state index contributed by atoms with van der Waals surface area (Å²) < 4.78 is 0. The number of rotatable bonds is 4. The van der Waals surface area contributed by atoms with Crippen molar-refractivity contribution in [2.24, 2.45) is 5.92 Å². The Morgan fingerprint density at radius 1 is 1.04 bits per heavy atom. The van der Waals surface area contributed by atoms with E-state index >= 15 is 0 Å². The van der Waals surface area contributed by atoms with E-state index in [9.17, 15) is 0 Å². The normalized spacial score (nSPS) is 18.5. The lowest BCUT2D eigenvalue weighted by molar-refractivity contribution is 0.599. The number of allylic oxidation sites excluding steroid dienone is 2. The molecule has 0 aromatic heterocycles. The molecule has 0 spiro atoms. The van der Waals surface area contributed by atoms with Gasteiger partial charge in [0.05, 0.1) is 0 Å². The molecule has 0 saturated heterocycles. The van der Waals surface area contributed by atoms with Gasteiger partial charge in [-0.25, -0.2) is 0 Å². The van der Waals surface area contributed by atoms with Crippen molar-refractivity contribution in [1.29, 1.82) is 0 Å². The first-order chi connectivity index (χ1) is 12.7. The summed E-state index contributed by atoms with van der Waals surface area (Å²) >= 11 is 6.73. The molecule has 2 aromatic carbocycles. The molecule has 0 aliphatic heterocycles. The van der Waals surface area contributed by atoms with Gasteiger partial charge >= 0.3 is 0 Å². The Morgan fingerprint density at radius 3 is 2.58 bits per heavy atom. The average Bonchev–Trinajstić information content (AvgIpc) is 2.69. The highest BCUT2D eigenvalue weighted by Gasteiger charge is 2.21. The van der Waals surface area contributed by atoms with E-state index in [1.54, 1.807) is 0 Å². The Morgan fingerprint density at radius 2 is 1.81 bits per heavy atom. The van der Waals surface area contributed by atoms with Gasteiger partial charge in [0, 0.05) is 17.4 Å². The smallest absolute Gasteiger partial charge is 0.0303 e. The summed E-state index contributed by atoms with van der Waals surface area (Å²) in [5.74, 6) is 1.21. The summed E-state index contributed by atoms with van der Waals surface area (Å²) in [4.78, 5) is 0. The summed E-state index contributed by atoms with van der Waals surface area (Å²) in [5.41, 5.74) is 2.96. The largest absolute Gasteiger partial charge is 0.0881 e. The van der Waals surface area contributed by atoms with E-state index in [0.29, 0.717) is 11.8 Å². The molecule has 1 heteroatoms. The molecule has 1 atom stereocenters. The van der Waals surface area contributed by atoms with E-state index in [1.165, 1.54) is 51.3 Å². The highest BCUT2D eigenvalue weighted by atomic mass is 35.5. The van der Waals surface area contributed by atoms with Gasteiger partial charge in [0.15, 0.2) is 0 Å². The molecule has 0 radical (unpaired) electrons. The minimum absolute atomic E-state index is 0.514. The molecule has 0 unspecified atom stereocenters. The van der Waals surface area contributed by atoms with Crippen LogP contribution in [0, 0.1) is 16.4 Å². The van der Waals surface area contributed by atoms with Crippen molar-refractivity contribution in [3.8, 4) is 0 Å². The molecule has 4 rings (SSSR count). The highest BCUT2D eigenvalue weighted by Crippen LogP contribution is 2.31. The quantitative estimate of drug-likeness (QED) is 0.627. The Balaban J connectivity index is 1.94. The topological polar surface area (TPSA) is 0 Å². The number of benzene rings is 2. The van der Waals surface area contributed by atoms with Crippen molar-refractivity contribution in [2.45, 2.75) is 51.9 Å². The number of halogens is 1. The van der Waals surface area contributed by atoms with Crippen LogP contribution in [-0.4, -0.2) is 0 Å². The van der Waals surface area contributed by atoms with E-state index < -0.39 is 0 Å². The van der Waals surface area contributed by atoms with E-state index in [1.807, 2.05) is 0 Å². The van der Waals surface area contributed by atoms with Gasteiger partial charge in [0.2, 0.25) is 0 Å². The van der Waals surface area contributed by atoms with E-state index in [0.717, 1.165) is 17.9 Å². The zero-order chi connectivity index (χ0) is 18.1. The molecular formula is C25H27Cl. The molecule has 0 nitrogen and oxygen atoms in total. The van der Waals surface area contributed by atoms with Crippen molar-refractivity contribution >= 4 is 22.7 Å². The van der Waals surface area contributed by atoms with Crippen LogP contribution in [0.1, 0.15) is 56.6 Å². The fraction of sp³-hybridized carbons (Fsp3) is 0.360. The van der Waals surface area contributed by atoms with Gasteiger partial charge in [0.25, 0.3) is 0 Å². The van der Waals surface area contributed by atoms with Crippen LogP contribution in [0.4, 0.5) is 0 Å². The molecule has 0 heterocycles. The molecule has 0 amide bonds. The number of hydrogen-bond donors (Lipinski definition) is 0. The first-order valence-electron chi connectivity index (χ1n) is 10.0. The monoisotopic (exact) mass is 362 g/mol. The summed E-state index contributed by atoms with van der Waals surface area (Å²) in [6.07, 6.45) is 13.0. The molecule has 26 heavy (non-hydrogen) atoms. The number of fused-ring (bicyclic) bond motifs is 4. The summed E-state index contributed by atoms with van der Waals surface area (Å²) in [6, 6.07) is 13.2. The van der Waals surface area contributed by atoms with Crippen LogP contribution in [-0.2, 0) is 6.42 Å². The van der Waals surface area contributed by atoms with Gasteiger partial charge in [-0.1, -0.05) is 80.1 Å². The van der Waals surface area contributed by atoms with Crippen LogP contribution < -0.4 is 10.4 Å². The van der Waals surface area contributed by atoms with Crippen LogP contribution in [0.2, 0.25) is 0 Å². The Labute approximate surface area is 161 Å². The predicted molar refractivity (Wildman–Crippen MR) is 112 cm³/mol. The zero-order valence-corrected chi connectivity index (χ0v) is 16.5. The third-order valence-electron chi connectivity index (χ3n) is 6.11. The predicted octanol–water partition coefficient (Wildman–Crippen LogP) is 5.53. The van der Waals surface area contributed by atoms with Gasteiger partial charge in [0.1, 0.15) is 0 Å². The second-order valence-corrected chi connectivity index (χ2v) is 8.03. The standard InChI is InChI=1S/C25H27Cl/c1-3-17(4-2)12-13-18-8-7-9-19-14-15-21-20-10-5-6-11-22(20)24(26)16-23(21)25(18)19/h5-6,9-15,17-18H,3-4,7-8,16H2,1-2H3/t18-/m0/s1. The molecule has 2 aromatic rings. The third kappa shape index (κ3) is 3.05. The van der Waals surface area contributed by atoms with Gasteiger partial charge in [-0.15, -0.1) is 0 Å². The molecule has 0 bridgehead atoms. The molecular weight excluding hydrogens is 336 g/mol. The van der Waals surface area contributed by atoms with Gasteiger partial charge in [-0.2, -0.15) is 0 Å². The summed E-state index contributed by atoms with van der Waals surface area (Å²) in [6.45, 7) is 4.57. The Kier molecular flexibility index (Phi) is 5.05. The molecule has 0 saturated carbocycles. The second kappa shape index (κ2) is 7.45. The molecule has 134 valence electrons. The van der Waals surface area contributed by atoms with Crippen LogP contribution in [0.5, 0.6) is 0 Å².